The highest BCUT2D eigenvalue weighted by Gasteiger charge is 2.21. The number of benzene rings is 1. The molecule has 1 heterocycles. The summed E-state index contributed by atoms with van der Waals surface area (Å²) in [6.07, 6.45) is -0.290. The van der Waals surface area contributed by atoms with E-state index in [2.05, 4.69) is 10.4 Å². The van der Waals surface area contributed by atoms with Crippen molar-refractivity contribution in [2.24, 2.45) is 5.41 Å². The van der Waals surface area contributed by atoms with Gasteiger partial charge in [0.25, 0.3) is 5.56 Å². The Morgan fingerprint density at radius 2 is 2.06 bits per heavy atom. The highest BCUT2D eigenvalue weighted by Crippen LogP contribution is 2.13. The molecule has 5 nitrogen and oxygen atoms in total. The van der Waals surface area contributed by atoms with E-state index in [-0.39, 0.29) is 12.2 Å². The van der Waals surface area contributed by atoms with Gasteiger partial charge in [-0.15, -0.1) is 0 Å². The number of hydrogen-bond donors (Lipinski definition) is 1. The van der Waals surface area contributed by atoms with E-state index in [1.54, 1.807) is 45.0 Å². The lowest BCUT2D eigenvalue weighted by Gasteiger charge is -2.18. The van der Waals surface area contributed by atoms with Crippen LogP contribution in [-0.2, 0) is 4.79 Å². The molecule has 1 aromatic carbocycles. The Balaban J connectivity index is 2.56. The van der Waals surface area contributed by atoms with Gasteiger partial charge in [0.1, 0.15) is 7.67 Å². The Morgan fingerprint density at radius 3 is 2.72 bits per heavy atom. The summed E-state index contributed by atoms with van der Waals surface area (Å²) >= 11 is 0. The molecule has 1 aromatic heterocycles. The van der Waals surface area contributed by atoms with E-state index < -0.39 is 11.0 Å². The lowest BCUT2D eigenvalue weighted by atomic mass is 9.96. The second-order valence-corrected chi connectivity index (χ2v) is 5.06. The zero-order chi connectivity index (χ0) is 14.2. The second-order valence-electron chi connectivity index (χ2n) is 5.06. The maximum Gasteiger partial charge on any atom is 0.280 e. The van der Waals surface area contributed by atoms with Crippen molar-refractivity contribution in [3.63, 3.8) is 0 Å². The predicted octanol–water partition coefficient (Wildman–Crippen LogP) is 1.51. The summed E-state index contributed by atoms with van der Waals surface area (Å²) < 4.78 is 8.60. The van der Waals surface area contributed by atoms with Gasteiger partial charge < -0.3 is 0 Å². The Hall–Kier alpha value is -2.17. The molecule has 1 N–H and O–H groups in total. The molecule has 0 saturated heterocycles. The summed E-state index contributed by atoms with van der Waals surface area (Å²) in [5, 5.41) is 0.368. The molecule has 0 aliphatic carbocycles. The fourth-order valence-electron chi connectivity index (χ4n) is 1.37. The normalized spacial score (nSPS) is 12.3. The molecule has 0 atom stereocenters. The van der Waals surface area contributed by atoms with Crippen LogP contribution in [0.3, 0.4) is 0 Å². The van der Waals surface area contributed by atoms with Gasteiger partial charge in [0, 0.05) is 5.41 Å². The van der Waals surface area contributed by atoms with Crippen LogP contribution in [0.5, 0.6) is 0 Å². The Kier molecular flexibility index (Phi) is 2.59. The summed E-state index contributed by atoms with van der Waals surface area (Å²) in [6.45, 7) is 5.18. The van der Waals surface area contributed by atoms with Crippen LogP contribution in [0.1, 0.15) is 22.1 Å². The number of rotatable bonds is 1. The number of amides is 1. The topological polar surface area (TPSA) is 64.0 Å². The largest absolute Gasteiger partial charge is 0.280 e. The molecule has 2 rings (SSSR count). The fourth-order valence-corrected chi connectivity index (χ4v) is 1.37. The standard InChI is InChI=1S/C13H15N3O2/c1-13(2,3)12(18)15-16-8-14-10-7-5-4-6-9(10)11(16)17/h4-8H,1-3H3,(H,15,18)/i8D. The highest BCUT2D eigenvalue weighted by atomic mass is 16.2. The van der Waals surface area contributed by atoms with Crippen LogP contribution in [0.2, 0.25) is 0 Å². The monoisotopic (exact) mass is 246 g/mol. The average Bonchev–Trinajstić information content (AvgIpc) is 2.33. The van der Waals surface area contributed by atoms with E-state index in [0.29, 0.717) is 10.9 Å². The minimum atomic E-state index is -0.655. The molecule has 0 fully saturated rings. The van der Waals surface area contributed by atoms with Crippen molar-refractivity contribution in [3.05, 3.63) is 40.9 Å². The average molecular weight is 246 g/mol. The smallest absolute Gasteiger partial charge is 0.273 e. The van der Waals surface area contributed by atoms with Gasteiger partial charge in [0.2, 0.25) is 5.91 Å². The van der Waals surface area contributed by atoms with Crippen molar-refractivity contribution < 1.29 is 6.17 Å². The summed E-state index contributed by atoms with van der Waals surface area (Å²) in [4.78, 5) is 28.1. The maximum atomic E-state index is 12.2. The van der Waals surface area contributed by atoms with Crippen LogP contribution in [0, 0.1) is 5.41 Å². The van der Waals surface area contributed by atoms with Gasteiger partial charge in [-0.25, -0.2) is 9.66 Å². The van der Waals surface area contributed by atoms with Crippen LogP contribution in [-0.4, -0.2) is 15.6 Å². The number of aromatic nitrogens is 2. The summed E-state index contributed by atoms with van der Waals surface area (Å²) in [7, 11) is 0. The highest BCUT2D eigenvalue weighted by molar-refractivity contribution is 5.88. The number of carbonyl (C=O) groups is 1. The number of nitrogens with one attached hydrogen (secondary N) is 1. The van der Waals surface area contributed by atoms with Crippen molar-refractivity contribution in [2.75, 3.05) is 5.43 Å². The van der Waals surface area contributed by atoms with E-state index in [4.69, 9.17) is 1.37 Å². The van der Waals surface area contributed by atoms with E-state index in [9.17, 15) is 9.59 Å². The van der Waals surface area contributed by atoms with E-state index >= 15 is 0 Å². The number of nitrogens with zero attached hydrogens (tertiary/aromatic N) is 2. The van der Waals surface area contributed by atoms with Gasteiger partial charge >= 0.3 is 0 Å². The molecular formula is C13H15N3O2. The zero-order valence-corrected chi connectivity index (χ0v) is 10.5. The van der Waals surface area contributed by atoms with Gasteiger partial charge in [-0.3, -0.25) is 15.0 Å². The molecule has 0 aliphatic rings. The minimum Gasteiger partial charge on any atom is -0.273 e. The van der Waals surface area contributed by atoms with Gasteiger partial charge in [-0.1, -0.05) is 32.9 Å². The van der Waals surface area contributed by atoms with Crippen molar-refractivity contribution in [1.82, 2.24) is 9.66 Å². The third kappa shape index (κ3) is 2.25. The molecule has 1 amide bonds. The first-order chi connectivity index (χ1) is 8.80. The van der Waals surface area contributed by atoms with Gasteiger partial charge in [-0.2, -0.15) is 0 Å². The zero-order valence-electron chi connectivity index (χ0n) is 11.5. The molecule has 2 aromatic rings. The lowest BCUT2D eigenvalue weighted by Crippen LogP contribution is -2.39. The van der Waals surface area contributed by atoms with Crippen molar-refractivity contribution in [1.29, 1.82) is 0 Å². The summed E-state index contributed by atoms with van der Waals surface area (Å²) in [5.41, 5.74) is 1.76. The predicted molar refractivity (Wildman–Crippen MR) is 69.8 cm³/mol. The van der Waals surface area contributed by atoms with Crippen LogP contribution in [0.15, 0.2) is 35.4 Å². The minimum absolute atomic E-state index is 0.290. The third-order valence-corrected chi connectivity index (χ3v) is 2.50. The molecular weight excluding hydrogens is 230 g/mol. The first-order valence-electron chi connectivity index (χ1n) is 6.10. The number of carbonyl (C=O) groups excluding carboxylic acids is 1. The first-order valence-corrected chi connectivity index (χ1v) is 5.60. The molecule has 5 heteroatoms. The molecule has 18 heavy (non-hydrogen) atoms. The molecule has 0 saturated carbocycles. The number of fused-ring (bicyclic) bond motifs is 1. The lowest BCUT2D eigenvalue weighted by molar-refractivity contribution is -0.124. The molecule has 0 bridgehead atoms. The Morgan fingerprint density at radius 1 is 1.39 bits per heavy atom. The van der Waals surface area contributed by atoms with Crippen molar-refractivity contribution in [3.8, 4) is 0 Å². The Bertz CT molecular complexity index is 701. The quantitative estimate of drug-likeness (QED) is 0.829. The van der Waals surface area contributed by atoms with Gasteiger partial charge in [-0.05, 0) is 12.1 Å². The molecule has 94 valence electrons. The van der Waals surface area contributed by atoms with Crippen LogP contribution >= 0.6 is 0 Å². The van der Waals surface area contributed by atoms with Gasteiger partial charge in [0.05, 0.1) is 10.9 Å². The molecule has 0 radical (unpaired) electrons. The Labute approximate surface area is 106 Å². The molecule has 0 spiro atoms. The van der Waals surface area contributed by atoms with E-state index in [1.807, 2.05) is 0 Å². The van der Waals surface area contributed by atoms with Crippen LogP contribution in [0.4, 0.5) is 0 Å². The van der Waals surface area contributed by atoms with Crippen LogP contribution < -0.4 is 11.0 Å². The summed E-state index contributed by atoms with van der Waals surface area (Å²) in [6, 6.07) is 6.73. The fraction of sp³-hybridized carbons (Fsp3) is 0.308. The summed E-state index contributed by atoms with van der Waals surface area (Å²) in [5.74, 6) is -0.347. The SMILES string of the molecule is [2H]c1nc2ccccc2c(=O)n1NC(=O)C(C)(C)C. The molecule has 0 unspecified atom stereocenters. The van der Waals surface area contributed by atoms with Crippen molar-refractivity contribution >= 4 is 16.8 Å². The first kappa shape index (κ1) is 11.0. The number of para-hydroxylation sites is 1. The van der Waals surface area contributed by atoms with E-state index in [1.165, 1.54) is 0 Å². The van der Waals surface area contributed by atoms with Crippen molar-refractivity contribution in [2.45, 2.75) is 20.8 Å². The van der Waals surface area contributed by atoms with Crippen LogP contribution in [0.25, 0.3) is 10.9 Å². The molecule has 0 aliphatic heterocycles. The third-order valence-electron chi connectivity index (χ3n) is 2.50. The van der Waals surface area contributed by atoms with Gasteiger partial charge in [0.15, 0.2) is 0 Å². The maximum absolute atomic E-state index is 12.2. The second kappa shape index (κ2) is 4.25. The number of hydrogen-bond acceptors (Lipinski definition) is 3. The van der Waals surface area contributed by atoms with E-state index in [0.717, 1.165) is 4.68 Å².